The van der Waals surface area contributed by atoms with Crippen molar-refractivity contribution in [1.29, 1.82) is 0 Å². The van der Waals surface area contributed by atoms with Crippen LogP contribution >= 0.6 is 0 Å². The van der Waals surface area contributed by atoms with Gasteiger partial charge in [-0.15, -0.1) is 0 Å². The third-order valence-electron chi connectivity index (χ3n) is 5.29. The van der Waals surface area contributed by atoms with Gasteiger partial charge in [0.2, 0.25) is 0 Å². The third-order valence-corrected chi connectivity index (χ3v) is 5.29. The Hall–Kier alpha value is -2.77. The quantitative estimate of drug-likeness (QED) is 0.434. The van der Waals surface area contributed by atoms with Crippen molar-refractivity contribution in [2.75, 3.05) is 38.0 Å². The maximum absolute atomic E-state index is 9.90. The Balaban J connectivity index is 1.83. The number of aromatic nitrogens is 2. The van der Waals surface area contributed by atoms with Gasteiger partial charge in [-0.05, 0) is 37.4 Å². The van der Waals surface area contributed by atoms with Crippen LogP contribution in [0.3, 0.4) is 0 Å². The van der Waals surface area contributed by atoms with Gasteiger partial charge in [-0.25, -0.2) is 0 Å². The molecular weight excluding hydrogens is 354 g/mol. The molecule has 0 unspecified atom stereocenters. The first-order valence-electron chi connectivity index (χ1n) is 9.87. The van der Waals surface area contributed by atoms with Crippen LogP contribution in [0.1, 0.15) is 13.8 Å². The minimum absolute atomic E-state index is 0.173. The molecule has 7 nitrogen and oxygen atoms in total. The summed E-state index contributed by atoms with van der Waals surface area (Å²) in [5, 5.41) is 19.2. The van der Waals surface area contributed by atoms with E-state index < -0.39 is 0 Å². The van der Waals surface area contributed by atoms with Gasteiger partial charge in [-0.3, -0.25) is 4.68 Å². The van der Waals surface area contributed by atoms with E-state index in [1.54, 1.807) is 12.1 Å². The number of phenols is 1. The van der Waals surface area contributed by atoms with Gasteiger partial charge in [0, 0.05) is 31.3 Å². The summed E-state index contributed by atoms with van der Waals surface area (Å²) in [5.74, 6) is 1.53. The molecule has 2 heterocycles. The molecule has 1 aromatic heterocycles. The number of hydrogen-bond donors (Lipinski definition) is 3. The Morgan fingerprint density at radius 1 is 1.21 bits per heavy atom. The van der Waals surface area contributed by atoms with E-state index >= 15 is 0 Å². The van der Waals surface area contributed by atoms with Gasteiger partial charge < -0.3 is 25.8 Å². The molecule has 0 bridgehead atoms. The van der Waals surface area contributed by atoms with E-state index in [-0.39, 0.29) is 5.75 Å². The van der Waals surface area contributed by atoms with Gasteiger partial charge >= 0.3 is 0 Å². The van der Waals surface area contributed by atoms with E-state index in [1.165, 1.54) is 0 Å². The molecule has 148 valence electrons. The first-order chi connectivity index (χ1) is 13.7. The second-order valence-electron chi connectivity index (χ2n) is 6.93. The molecule has 0 fully saturated rings. The molecule has 4 N–H and O–H groups in total. The Morgan fingerprint density at radius 2 is 2.04 bits per heavy atom. The van der Waals surface area contributed by atoms with Crippen molar-refractivity contribution in [3.8, 4) is 28.5 Å². The fourth-order valence-corrected chi connectivity index (χ4v) is 3.73. The predicted molar refractivity (Wildman–Crippen MR) is 112 cm³/mol. The summed E-state index contributed by atoms with van der Waals surface area (Å²) in [6.07, 6.45) is 0. The number of aromatic hydroxyl groups is 1. The Morgan fingerprint density at radius 3 is 2.79 bits per heavy atom. The van der Waals surface area contributed by atoms with Crippen molar-refractivity contribution < 1.29 is 9.84 Å². The van der Waals surface area contributed by atoms with Gasteiger partial charge in [0.05, 0.1) is 23.1 Å². The second-order valence-corrected chi connectivity index (χ2v) is 6.93. The van der Waals surface area contributed by atoms with Crippen LogP contribution in [-0.2, 0) is 6.54 Å². The van der Waals surface area contributed by atoms with Crippen molar-refractivity contribution in [3.63, 3.8) is 0 Å². The van der Waals surface area contributed by atoms with Gasteiger partial charge in [-0.2, -0.15) is 5.10 Å². The van der Waals surface area contributed by atoms with E-state index in [1.807, 2.05) is 12.1 Å². The van der Waals surface area contributed by atoms with Gasteiger partial charge in [0.1, 0.15) is 17.2 Å². The van der Waals surface area contributed by atoms with Crippen molar-refractivity contribution in [2.24, 2.45) is 5.73 Å². The molecule has 4 rings (SSSR count). The number of ether oxygens (including phenoxy) is 1. The molecule has 28 heavy (non-hydrogen) atoms. The summed E-state index contributed by atoms with van der Waals surface area (Å²) in [6.45, 7) is 9.32. The molecule has 7 heteroatoms. The van der Waals surface area contributed by atoms with Crippen molar-refractivity contribution in [2.45, 2.75) is 20.4 Å². The smallest absolute Gasteiger partial charge is 0.162 e. The lowest BCUT2D eigenvalue weighted by atomic mass is 10.0. The number of nitrogens with two attached hydrogens (primary N) is 1. The number of likely N-dealkylation sites (N-methyl/N-ethyl adjacent to an activating group) is 1. The van der Waals surface area contributed by atoms with Crippen LogP contribution in [-0.4, -0.2) is 52.5 Å². The van der Waals surface area contributed by atoms with Crippen LogP contribution in [0, 0.1) is 0 Å². The van der Waals surface area contributed by atoms with E-state index in [9.17, 15) is 5.11 Å². The average molecular weight is 381 g/mol. The molecule has 1 aliphatic rings. The maximum atomic E-state index is 9.90. The minimum atomic E-state index is 0.173. The molecular formula is C21H27N5O2. The Kier molecular flexibility index (Phi) is 5.11. The highest BCUT2D eigenvalue weighted by atomic mass is 16.5. The van der Waals surface area contributed by atoms with Crippen LogP contribution in [0.5, 0.6) is 17.2 Å². The summed E-state index contributed by atoms with van der Waals surface area (Å²) in [6, 6.07) is 9.28. The number of anilines is 1. The number of benzene rings is 2. The second kappa shape index (κ2) is 7.69. The van der Waals surface area contributed by atoms with Crippen molar-refractivity contribution >= 4 is 16.6 Å². The van der Waals surface area contributed by atoms with Crippen molar-refractivity contribution in [3.05, 3.63) is 30.3 Å². The molecule has 0 radical (unpaired) electrons. The monoisotopic (exact) mass is 381 g/mol. The molecule has 1 aliphatic heterocycles. The number of nitrogens with one attached hydrogen (secondary N) is 1. The summed E-state index contributed by atoms with van der Waals surface area (Å²) in [4.78, 5) is 2.38. The number of phenolic OH excluding ortho intramolecular Hbond substituents is 1. The van der Waals surface area contributed by atoms with Crippen LogP contribution in [0.15, 0.2) is 30.3 Å². The topological polar surface area (TPSA) is 88.6 Å². The maximum Gasteiger partial charge on any atom is 0.162 e. The first-order valence-corrected chi connectivity index (χ1v) is 9.87. The summed E-state index contributed by atoms with van der Waals surface area (Å²) in [5.41, 5.74) is 9.38. The van der Waals surface area contributed by atoms with Crippen LogP contribution in [0.4, 0.5) is 5.69 Å². The number of rotatable bonds is 8. The van der Waals surface area contributed by atoms with E-state index in [4.69, 9.17) is 15.6 Å². The first kappa shape index (κ1) is 18.6. The third kappa shape index (κ3) is 3.16. The molecule has 0 atom stereocenters. The largest absolute Gasteiger partial charge is 0.508 e. The van der Waals surface area contributed by atoms with Crippen LogP contribution in [0.25, 0.3) is 22.2 Å². The van der Waals surface area contributed by atoms with Gasteiger partial charge in [0.25, 0.3) is 0 Å². The van der Waals surface area contributed by atoms with Crippen LogP contribution < -0.4 is 15.8 Å². The Bertz CT molecular complexity index is 994. The van der Waals surface area contributed by atoms with E-state index in [0.29, 0.717) is 18.8 Å². The minimum Gasteiger partial charge on any atom is -0.508 e. The zero-order valence-electron chi connectivity index (χ0n) is 16.4. The lowest BCUT2D eigenvalue weighted by molar-refractivity contribution is 0.287. The molecule has 2 aromatic carbocycles. The van der Waals surface area contributed by atoms with Crippen molar-refractivity contribution in [1.82, 2.24) is 14.7 Å². The highest BCUT2D eigenvalue weighted by Crippen LogP contribution is 2.49. The standard InChI is InChI=1S/C21H27N5O2/c1-3-25(4-2)11-12-26-17-8-7-16(23-10-9-22)21-19(17)20(24-26)15-6-5-14(27)13-18(15)28-21/h5-8,13,23,27H,3-4,9-12,22H2,1-2H3. The van der Waals surface area contributed by atoms with Crippen LogP contribution in [0.2, 0.25) is 0 Å². The average Bonchev–Trinajstić information content (AvgIpc) is 3.08. The molecule has 0 saturated carbocycles. The highest BCUT2D eigenvalue weighted by molar-refractivity contribution is 6.04. The summed E-state index contributed by atoms with van der Waals surface area (Å²) >= 11 is 0. The fraction of sp³-hybridized carbons (Fsp3) is 0.381. The molecule has 3 aromatic rings. The number of nitrogens with zero attached hydrogens (tertiary/aromatic N) is 3. The lowest BCUT2D eigenvalue weighted by Gasteiger charge is -2.20. The molecule has 0 amide bonds. The fourth-order valence-electron chi connectivity index (χ4n) is 3.73. The summed E-state index contributed by atoms with van der Waals surface area (Å²) < 4.78 is 8.27. The molecule has 0 aliphatic carbocycles. The summed E-state index contributed by atoms with van der Waals surface area (Å²) in [7, 11) is 0. The number of hydrogen-bond acceptors (Lipinski definition) is 6. The lowest BCUT2D eigenvalue weighted by Crippen LogP contribution is -2.27. The highest BCUT2D eigenvalue weighted by Gasteiger charge is 2.27. The zero-order chi connectivity index (χ0) is 19.7. The zero-order valence-corrected chi connectivity index (χ0v) is 16.4. The van der Waals surface area contributed by atoms with E-state index in [0.717, 1.165) is 59.8 Å². The SMILES string of the molecule is CCN(CC)CCn1nc2c3c(c(NCCN)ccc31)Oc1cc(O)ccc1-2. The van der Waals surface area contributed by atoms with Gasteiger partial charge in [-0.1, -0.05) is 13.8 Å². The van der Waals surface area contributed by atoms with E-state index in [2.05, 4.69) is 34.8 Å². The Labute approximate surface area is 164 Å². The van der Waals surface area contributed by atoms with Gasteiger partial charge in [0.15, 0.2) is 5.75 Å². The molecule has 0 saturated heterocycles. The normalized spacial score (nSPS) is 12.3. The predicted octanol–water partition coefficient (Wildman–Crippen LogP) is 3.23. The number of fused-ring (bicyclic) bond motifs is 2. The molecule has 0 spiro atoms.